The second-order valence-corrected chi connectivity index (χ2v) is 7.59. The Labute approximate surface area is 106 Å². The molecule has 0 amide bonds. The van der Waals surface area contributed by atoms with E-state index in [0.29, 0.717) is 11.5 Å². The van der Waals surface area contributed by atoms with Gasteiger partial charge in [0.15, 0.2) is 0 Å². The predicted molar refractivity (Wildman–Crippen MR) is 70.3 cm³/mol. The summed E-state index contributed by atoms with van der Waals surface area (Å²) >= 11 is 7.81. The van der Waals surface area contributed by atoms with Crippen molar-refractivity contribution >= 4 is 22.9 Å². The molecule has 2 aliphatic carbocycles. The second-order valence-electron chi connectivity index (χ2n) is 5.82. The van der Waals surface area contributed by atoms with E-state index in [0.717, 1.165) is 10.3 Å². The van der Waals surface area contributed by atoms with Crippen molar-refractivity contribution in [3.05, 3.63) is 20.8 Å². The standard InChI is InChI=1S/C13H18ClNS/c1-13(2)6-8(13)7-15-10-3-4-11-9(10)5-12(14)16-11/h5,8,10,15H,3-4,6-7H2,1-2H3. The zero-order valence-corrected chi connectivity index (χ0v) is 11.4. The monoisotopic (exact) mass is 255 g/mol. The van der Waals surface area contributed by atoms with Gasteiger partial charge in [0.1, 0.15) is 0 Å². The van der Waals surface area contributed by atoms with E-state index in [-0.39, 0.29) is 0 Å². The lowest BCUT2D eigenvalue weighted by molar-refractivity contribution is 0.466. The third-order valence-electron chi connectivity index (χ3n) is 4.18. The summed E-state index contributed by atoms with van der Waals surface area (Å²) in [5.74, 6) is 0.880. The molecule has 1 aromatic rings. The van der Waals surface area contributed by atoms with Crippen LogP contribution in [0.2, 0.25) is 4.34 Å². The Morgan fingerprint density at radius 3 is 3.00 bits per heavy atom. The average Bonchev–Trinajstić information content (AvgIpc) is 2.58. The van der Waals surface area contributed by atoms with Crippen LogP contribution in [0.15, 0.2) is 6.07 Å². The van der Waals surface area contributed by atoms with Crippen molar-refractivity contribution in [2.45, 2.75) is 39.2 Å². The van der Waals surface area contributed by atoms with Gasteiger partial charge < -0.3 is 5.32 Å². The molecule has 1 heterocycles. The molecule has 0 aromatic carbocycles. The zero-order valence-electron chi connectivity index (χ0n) is 9.85. The van der Waals surface area contributed by atoms with E-state index >= 15 is 0 Å². The lowest BCUT2D eigenvalue weighted by Crippen LogP contribution is -2.22. The lowest BCUT2D eigenvalue weighted by atomic mass is 10.1. The molecule has 1 N–H and O–H groups in total. The molecule has 3 heteroatoms. The van der Waals surface area contributed by atoms with E-state index in [2.05, 4.69) is 25.2 Å². The van der Waals surface area contributed by atoms with Crippen molar-refractivity contribution in [2.75, 3.05) is 6.54 Å². The summed E-state index contributed by atoms with van der Waals surface area (Å²) in [6.45, 7) is 5.90. The first-order valence-electron chi connectivity index (χ1n) is 6.08. The number of hydrogen-bond acceptors (Lipinski definition) is 2. The van der Waals surface area contributed by atoms with Gasteiger partial charge in [0.05, 0.1) is 4.34 Å². The molecule has 16 heavy (non-hydrogen) atoms. The third-order valence-corrected chi connectivity index (χ3v) is 5.51. The molecular weight excluding hydrogens is 238 g/mol. The van der Waals surface area contributed by atoms with Gasteiger partial charge >= 0.3 is 0 Å². The van der Waals surface area contributed by atoms with Crippen LogP contribution in [0.25, 0.3) is 0 Å². The number of hydrogen-bond donors (Lipinski definition) is 1. The third kappa shape index (κ3) is 1.92. The maximum absolute atomic E-state index is 6.05. The first-order chi connectivity index (χ1) is 7.56. The Morgan fingerprint density at radius 1 is 1.56 bits per heavy atom. The Hall–Kier alpha value is -0.0500. The van der Waals surface area contributed by atoms with Crippen LogP contribution >= 0.6 is 22.9 Å². The molecule has 1 nitrogen and oxygen atoms in total. The molecule has 2 aliphatic rings. The van der Waals surface area contributed by atoms with E-state index < -0.39 is 0 Å². The van der Waals surface area contributed by atoms with Crippen molar-refractivity contribution in [3.8, 4) is 0 Å². The topological polar surface area (TPSA) is 12.0 Å². The van der Waals surface area contributed by atoms with Gasteiger partial charge in [-0.3, -0.25) is 0 Å². The van der Waals surface area contributed by atoms with Crippen molar-refractivity contribution < 1.29 is 0 Å². The van der Waals surface area contributed by atoms with Gasteiger partial charge in [0.25, 0.3) is 0 Å². The molecule has 0 saturated heterocycles. The molecule has 0 bridgehead atoms. The predicted octanol–water partition coefficient (Wildman–Crippen LogP) is 4.02. The van der Waals surface area contributed by atoms with Gasteiger partial charge in [0.2, 0.25) is 0 Å². The second kappa shape index (κ2) is 3.72. The molecule has 0 radical (unpaired) electrons. The quantitative estimate of drug-likeness (QED) is 0.860. The summed E-state index contributed by atoms with van der Waals surface area (Å²) in [7, 11) is 0. The largest absolute Gasteiger partial charge is 0.310 e. The minimum atomic E-state index is 0.565. The van der Waals surface area contributed by atoms with E-state index in [1.165, 1.54) is 36.2 Å². The van der Waals surface area contributed by atoms with Gasteiger partial charge in [0, 0.05) is 10.9 Å². The molecule has 3 rings (SSSR count). The van der Waals surface area contributed by atoms with Crippen molar-refractivity contribution in [1.29, 1.82) is 0 Å². The number of aryl methyl sites for hydroxylation is 1. The molecule has 1 fully saturated rings. The van der Waals surface area contributed by atoms with Crippen molar-refractivity contribution in [1.82, 2.24) is 5.32 Å². The van der Waals surface area contributed by atoms with Gasteiger partial charge in [-0.2, -0.15) is 0 Å². The summed E-state index contributed by atoms with van der Waals surface area (Å²) in [5, 5.41) is 3.72. The van der Waals surface area contributed by atoms with Gasteiger partial charge in [-0.05, 0) is 48.8 Å². The maximum atomic E-state index is 6.05. The van der Waals surface area contributed by atoms with Crippen LogP contribution in [0.5, 0.6) is 0 Å². The maximum Gasteiger partial charge on any atom is 0.0934 e. The minimum absolute atomic E-state index is 0.565. The van der Waals surface area contributed by atoms with E-state index in [1.807, 2.05) is 0 Å². The lowest BCUT2D eigenvalue weighted by Gasteiger charge is -2.13. The van der Waals surface area contributed by atoms with Crippen LogP contribution in [0.3, 0.4) is 0 Å². The molecular formula is C13H18ClNS. The number of rotatable bonds is 3. The fourth-order valence-corrected chi connectivity index (χ4v) is 4.11. The van der Waals surface area contributed by atoms with E-state index in [1.54, 1.807) is 11.3 Å². The molecule has 0 aliphatic heterocycles. The highest BCUT2D eigenvalue weighted by Crippen LogP contribution is 2.51. The van der Waals surface area contributed by atoms with Crippen LogP contribution < -0.4 is 5.32 Å². The average molecular weight is 256 g/mol. The molecule has 88 valence electrons. The normalized spacial score (nSPS) is 30.4. The fourth-order valence-electron chi connectivity index (χ4n) is 2.75. The highest BCUT2D eigenvalue weighted by molar-refractivity contribution is 7.16. The number of thiophene rings is 1. The van der Waals surface area contributed by atoms with Crippen LogP contribution in [-0.2, 0) is 6.42 Å². The van der Waals surface area contributed by atoms with Crippen LogP contribution in [-0.4, -0.2) is 6.54 Å². The number of halogens is 1. The Balaban J connectivity index is 1.61. The van der Waals surface area contributed by atoms with E-state index in [4.69, 9.17) is 11.6 Å². The van der Waals surface area contributed by atoms with Crippen molar-refractivity contribution in [3.63, 3.8) is 0 Å². The Morgan fingerprint density at radius 2 is 2.31 bits per heavy atom. The first kappa shape index (κ1) is 11.1. The summed E-state index contributed by atoms with van der Waals surface area (Å²) in [6.07, 6.45) is 3.84. The van der Waals surface area contributed by atoms with Crippen molar-refractivity contribution in [2.24, 2.45) is 11.3 Å². The van der Waals surface area contributed by atoms with E-state index in [9.17, 15) is 0 Å². The smallest absolute Gasteiger partial charge is 0.0934 e. The Bertz CT molecular complexity index is 410. The van der Waals surface area contributed by atoms with Crippen LogP contribution in [0.1, 0.15) is 43.2 Å². The van der Waals surface area contributed by atoms with Crippen LogP contribution in [0, 0.1) is 11.3 Å². The molecule has 1 aromatic heterocycles. The van der Waals surface area contributed by atoms with Gasteiger partial charge in [-0.25, -0.2) is 0 Å². The zero-order chi connectivity index (χ0) is 11.3. The number of nitrogens with one attached hydrogen (secondary N) is 1. The fraction of sp³-hybridized carbons (Fsp3) is 0.692. The van der Waals surface area contributed by atoms with Crippen LogP contribution in [0.4, 0.5) is 0 Å². The minimum Gasteiger partial charge on any atom is -0.310 e. The summed E-state index contributed by atoms with van der Waals surface area (Å²) < 4.78 is 0.947. The molecule has 2 unspecified atom stereocenters. The summed E-state index contributed by atoms with van der Waals surface area (Å²) in [6, 6.07) is 2.72. The molecule has 2 atom stereocenters. The summed E-state index contributed by atoms with van der Waals surface area (Å²) in [5.41, 5.74) is 2.05. The summed E-state index contributed by atoms with van der Waals surface area (Å²) in [4.78, 5) is 1.50. The SMILES string of the molecule is CC1(C)CC1CNC1CCc2sc(Cl)cc21. The Kier molecular flexibility index (Phi) is 2.58. The van der Waals surface area contributed by atoms with Gasteiger partial charge in [-0.15, -0.1) is 11.3 Å². The highest BCUT2D eigenvalue weighted by atomic mass is 35.5. The molecule has 1 saturated carbocycles. The number of fused-ring (bicyclic) bond motifs is 1. The first-order valence-corrected chi connectivity index (χ1v) is 7.27. The van der Waals surface area contributed by atoms with Gasteiger partial charge in [-0.1, -0.05) is 25.4 Å². The highest BCUT2D eigenvalue weighted by Gasteiger charge is 2.45. The molecule has 0 spiro atoms.